The second-order valence-electron chi connectivity index (χ2n) is 6.96. The van der Waals surface area contributed by atoms with Crippen LogP contribution in [0.5, 0.6) is 5.75 Å². The summed E-state index contributed by atoms with van der Waals surface area (Å²) in [5.74, 6) is 0.307. The fraction of sp³-hybridized carbons (Fsp3) is 0.217. The molecule has 0 saturated heterocycles. The molecule has 1 aliphatic rings. The van der Waals surface area contributed by atoms with Crippen molar-refractivity contribution in [3.63, 3.8) is 0 Å². The first-order valence-electron chi connectivity index (χ1n) is 9.57. The number of hydrogen-bond donors (Lipinski definition) is 1. The first-order chi connectivity index (χ1) is 14.5. The summed E-state index contributed by atoms with van der Waals surface area (Å²) in [6, 6.07) is 11.8. The highest BCUT2D eigenvalue weighted by Crippen LogP contribution is 2.39. The topological polar surface area (TPSA) is 80.0 Å². The van der Waals surface area contributed by atoms with E-state index in [-0.39, 0.29) is 23.7 Å². The number of carbonyl (C=O) groups is 1. The molecule has 6 nitrogen and oxygen atoms in total. The molecule has 2 heterocycles. The van der Waals surface area contributed by atoms with Crippen LogP contribution in [0.25, 0.3) is 11.0 Å². The molecule has 1 atom stereocenters. The summed E-state index contributed by atoms with van der Waals surface area (Å²) in [6.45, 7) is 4.22. The van der Waals surface area contributed by atoms with E-state index in [0.29, 0.717) is 41.9 Å². The third-order valence-corrected chi connectivity index (χ3v) is 5.52. The van der Waals surface area contributed by atoms with Gasteiger partial charge in [-0.15, -0.1) is 0 Å². The molecule has 0 spiro atoms. The smallest absolute Gasteiger partial charge is 0.290 e. The molecule has 1 unspecified atom stereocenters. The minimum absolute atomic E-state index is 0.0511. The van der Waals surface area contributed by atoms with E-state index in [2.05, 4.69) is 22.5 Å². The van der Waals surface area contributed by atoms with Gasteiger partial charge in [-0.2, -0.15) is 0 Å². The molecule has 1 amide bonds. The Morgan fingerprint density at radius 2 is 2.07 bits per heavy atom. The van der Waals surface area contributed by atoms with Crippen LogP contribution in [-0.4, -0.2) is 35.7 Å². The van der Waals surface area contributed by atoms with Crippen LogP contribution in [0.15, 0.2) is 68.8 Å². The Balaban J connectivity index is 1.91. The summed E-state index contributed by atoms with van der Waals surface area (Å²) in [7, 11) is 0. The van der Waals surface area contributed by atoms with Crippen LogP contribution in [0.3, 0.4) is 0 Å². The molecule has 0 bridgehead atoms. The van der Waals surface area contributed by atoms with Crippen molar-refractivity contribution in [3.05, 3.63) is 86.7 Å². The summed E-state index contributed by atoms with van der Waals surface area (Å²) in [5, 5.41) is 9.72. The molecular formula is C23H20BrNO5. The molecule has 7 heteroatoms. The number of aliphatic hydroxyl groups is 1. The van der Waals surface area contributed by atoms with Gasteiger partial charge in [-0.05, 0) is 42.3 Å². The summed E-state index contributed by atoms with van der Waals surface area (Å²) < 4.78 is 12.3. The van der Waals surface area contributed by atoms with Gasteiger partial charge in [0, 0.05) is 17.6 Å². The highest BCUT2D eigenvalue weighted by molar-refractivity contribution is 9.10. The zero-order valence-corrected chi connectivity index (χ0v) is 17.7. The lowest BCUT2D eigenvalue weighted by atomic mass is 9.98. The van der Waals surface area contributed by atoms with Gasteiger partial charge < -0.3 is 19.2 Å². The van der Waals surface area contributed by atoms with Gasteiger partial charge in [-0.3, -0.25) is 9.59 Å². The van der Waals surface area contributed by atoms with Crippen LogP contribution in [0, 0.1) is 0 Å². The fourth-order valence-electron chi connectivity index (χ4n) is 3.74. The van der Waals surface area contributed by atoms with Crippen LogP contribution >= 0.6 is 15.9 Å². The van der Waals surface area contributed by atoms with E-state index >= 15 is 0 Å². The van der Waals surface area contributed by atoms with Gasteiger partial charge in [-0.1, -0.05) is 40.7 Å². The predicted molar refractivity (Wildman–Crippen MR) is 117 cm³/mol. The van der Waals surface area contributed by atoms with E-state index in [1.165, 1.54) is 0 Å². The van der Waals surface area contributed by atoms with Crippen molar-refractivity contribution in [2.24, 2.45) is 0 Å². The monoisotopic (exact) mass is 469 g/mol. The maximum Gasteiger partial charge on any atom is 0.290 e. The summed E-state index contributed by atoms with van der Waals surface area (Å²) in [4.78, 5) is 28.2. The summed E-state index contributed by atoms with van der Waals surface area (Å²) >= 11 is 3.39. The van der Waals surface area contributed by atoms with Crippen molar-refractivity contribution in [2.75, 3.05) is 19.8 Å². The quantitative estimate of drug-likeness (QED) is 0.528. The highest BCUT2D eigenvalue weighted by Gasteiger charge is 2.42. The standard InChI is InChI=1S/C23H20BrNO5/c1-2-11-29-16-6-3-5-14(12-16)20-19-21(27)17-13-15(24)7-8-18(17)30-22(19)23(28)25(20)9-4-10-26/h2-3,5-8,12-13,20,26H,1,4,9-11H2. The first kappa shape index (κ1) is 20.4. The number of aliphatic hydroxyl groups excluding tert-OH is 1. The van der Waals surface area contributed by atoms with E-state index in [0.717, 1.165) is 10.0 Å². The Morgan fingerprint density at radius 3 is 2.83 bits per heavy atom. The fourth-order valence-corrected chi connectivity index (χ4v) is 4.10. The number of fused-ring (bicyclic) bond motifs is 2. The molecule has 2 aromatic carbocycles. The van der Waals surface area contributed by atoms with Crippen LogP contribution in [0.2, 0.25) is 0 Å². The van der Waals surface area contributed by atoms with Crippen molar-refractivity contribution in [3.8, 4) is 5.75 Å². The molecular weight excluding hydrogens is 450 g/mol. The third kappa shape index (κ3) is 3.55. The van der Waals surface area contributed by atoms with Crippen molar-refractivity contribution in [1.29, 1.82) is 0 Å². The third-order valence-electron chi connectivity index (χ3n) is 5.03. The number of benzene rings is 2. The lowest BCUT2D eigenvalue weighted by molar-refractivity contribution is 0.0716. The average molecular weight is 470 g/mol. The maximum atomic E-state index is 13.4. The molecule has 154 valence electrons. The summed E-state index contributed by atoms with van der Waals surface area (Å²) in [6.07, 6.45) is 2.04. The Hall–Kier alpha value is -2.90. The Bertz CT molecular complexity index is 1190. The van der Waals surface area contributed by atoms with Crippen molar-refractivity contribution in [1.82, 2.24) is 4.90 Å². The van der Waals surface area contributed by atoms with E-state index < -0.39 is 6.04 Å². The van der Waals surface area contributed by atoms with Gasteiger partial charge in [0.2, 0.25) is 5.76 Å². The molecule has 0 fully saturated rings. The zero-order chi connectivity index (χ0) is 21.3. The molecule has 0 saturated carbocycles. The number of amides is 1. The van der Waals surface area contributed by atoms with Crippen LogP contribution in [0.1, 0.15) is 34.1 Å². The van der Waals surface area contributed by atoms with E-state index in [4.69, 9.17) is 9.15 Å². The van der Waals surface area contributed by atoms with Gasteiger partial charge in [-0.25, -0.2) is 0 Å². The molecule has 3 aromatic rings. The zero-order valence-electron chi connectivity index (χ0n) is 16.1. The van der Waals surface area contributed by atoms with E-state index in [9.17, 15) is 14.7 Å². The molecule has 1 aromatic heterocycles. The number of carbonyl (C=O) groups excluding carboxylic acids is 1. The largest absolute Gasteiger partial charge is 0.490 e. The van der Waals surface area contributed by atoms with E-state index in [1.807, 2.05) is 24.3 Å². The second kappa shape index (κ2) is 8.45. The molecule has 4 rings (SSSR count). The Labute approximate surface area is 181 Å². The number of halogens is 1. The normalized spacial score (nSPS) is 15.5. The Morgan fingerprint density at radius 1 is 1.23 bits per heavy atom. The van der Waals surface area contributed by atoms with Gasteiger partial charge >= 0.3 is 0 Å². The summed E-state index contributed by atoms with van der Waals surface area (Å²) in [5.41, 5.74) is 1.17. The molecule has 0 aliphatic carbocycles. The molecule has 1 N–H and O–H groups in total. The van der Waals surface area contributed by atoms with Gasteiger partial charge in [0.15, 0.2) is 5.43 Å². The van der Waals surface area contributed by atoms with Crippen LogP contribution in [0.4, 0.5) is 0 Å². The van der Waals surface area contributed by atoms with Gasteiger partial charge in [0.1, 0.15) is 17.9 Å². The van der Waals surface area contributed by atoms with Crippen molar-refractivity contribution < 1.29 is 19.1 Å². The number of nitrogens with zero attached hydrogens (tertiary/aromatic N) is 1. The van der Waals surface area contributed by atoms with Crippen LogP contribution in [-0.2, 0) is 0 Å². The van der Waals surface area contributed by atoms with E-state index in [1.54, 1.807) is 29.2 Å². The van der Waals surface area contributed by atoms with Crippen LogP contribution < -0.4 is 10.2 Å². The minimum Gasteiger partial charge on any atom is -0.490 e. The number of hydrogen-bond acceptors (Lipinski definition) is 5. The minimum atomic E-state index is -0.619. The molecule has 1 aliphatic heterocycles. The van der Waals surface area contributed by atoms with Gasteiger partial charge in [0.05, 0.1) is 17.0 Å². The maximum absolute atomic E-state index is 13.4. The van der Waals surface area contributed by atoms with Crippen molar-refractivity contribution >= 4 is 32.8 Å². The average Bonchev–Trinajstić information content (AvgIpc) is 3.03. The highest BCUT2D eigenvalue weighted by atomic mass is 79.9. The number of rotatable bonds is 7. The molecule has 30 heavy (non-hydrogen) atoms. The SMILES string of the molecule is C=CCOc1cccc(C2c3c(oc4ccc(Br)cc4c3=O)C(=O)N2CCCO)c1. The number of ether oxygens (including phenoxy) is 1. The van der Waals surface area contributed by atoms with Gasteiger partial charge in [0.25, 0.3) is 5.91 Å². The lowest BCUT2D eigenvalue weighted by Gasteiger charge is -2.25. The Kier molecular flexibility index (Phi) is 5.74. The first-order valence-corrected chi connectivity index (χ1v) is 10.4. The second-order valence-corrected chi connectivity index (χ2v) is 7.88. The lowest BCUT2D eigenvalue weighted by Crippen LogP contribution is -2.31. The molecule has 0 radical (unpaired) electrons. The van der Waals surface area contributed by atoms with Crippen molar-refractivity contribution in [2.45, 2.75) is 12.5 Å². The predicted octanol–water partition coefficient (Wildman–Crippen LogP) is 4.05.